The van der Waals surface area contributed by atoms with Gasteiger partial charge in [-0.3, -0.25) is 4.99 Å². The zero-order valence-corrected chi connectivity index (χ0v) is 19.8. The van der Waals surface area contributed by atoms with Gasteiger partial charge in [0.1, 0.15) is 10.8 Å². The Hall–Kier alpha value is -1.16. The molecule has 27 heavy (non-hydrogen) atoms. The fourth-order valence-corrected chi connectivity index (χ4v) is 4.56. The number of halogens is 1. The summed E-state index contributed by atoms with van der Waals surface area (Å²) < 4.78 is 5.24. The van der Waals surface area contributed by atoms with Crippen LogP contribution in [-0.2, 0) is 25.8 Å². The minimum Gasteiger partial charge on any atom is -0.361 e. The quantitative estimate of drug-likeness (QED) is 0.368. The van der Waals surface area contributed by atoms with Gasteiger partial charge in [0.2, 0.25) is 0 Å². The van der Waals surface area contributed by atoms with Crippen molar-refractivity contribution in [1.82, 2.24) is 20.4 Å². The molecule has 1 N–H and O–H groups in total. The second-order valence-electron chi connectivity index (χ2n) is 6.83. The maximum absolute atomic E-state index is 5.24. The van der Waals surface area contributed by atoms with Gasteiger partial charge in [-0.1, -0.05) is 5.16 Å². The molecule has 3 rings (SSSR count). The Morgan fingerprint density at radius 1 is 1.30 bits per heavy atom. The van der Waals surface area contributed by atoms with Crippen LogP contribution in [-0.4, -0.2) is 41.1 Å². The third kappa shape index (κ3) is 5.66. The number of aromatic nitrogens is 2. The molecule has 8 heteroatoms. The molecule has 0 unspecified atom stereocenters. The highest BCUT2D eigenvalue weighted by molar-refractivity contribution is 14.0. The summed E-state index contributed by atoms with van der Waals surface area (Å²) in [5.74, 6) is 1.82. The van der Waals surface area contributed by atoms with E-state index >= 15 is 0 Å². The topological polar surface area (TPSA) is 66.6 Å². The number of rotatable bonds is 6. The molecule has 0 saturated heterocycles. The Kier molecular flexibility index (Phi) is 8.53. The van der Waals surface area contributed by atoms with Crippen molar-refractivity contribution in [3.05, 3.63) is 32.6 Å². The van der Waals surface area contributed by atoms with Gasteiger partial charge in [-0.15, -0.1) is 35.3 Å². The Balaban J connectivity index is 0.00000261. The van der Waals surface area contributed by atoms with E-state index in [2.05, 4.69) is 29.3 Å². The third-order valence-corrected chi connectivity index (χ3v) is 5.91. The third-order valence-electron chi connectivity index (χ3n) is 4.76. The molecule has 0 bridgehead atoms. The summed E-state index contributed by atoms with van der Waals surface area (Å²) >= 11 is 1.87. The first kappa shape index (κ1) is 22.1. The van der Waals surface area contributed by atoms with Crippen LogP contribution < -0.4 is 5.32 Å². The molecular weight excluding hydrogens is 473 g/mol. The van der Waals surface area contributed by atoms with Gasteiger partial charge in [-0.25, -0.2) is 4.98 Å². The molecule has 1 aliphatic rings. The lowest BCUT2D eigenvalue weighted by molar-refractivity contribution is 0.392. The molecule has 6 nitrogen and oxygen atoms in total. The van der Waals surface area contributed by atoms with Gasteiger partial charge < -0.3 is 14.7 Å². The second kappa shape index (κ2) is 10.4. The zero-order chi connectivity index (χ0) is 18.5. The van der Waals surface area contributed by atoms with Gasteiger partial charge in [0.05, 0.1) is 17.9 Å². The van der Waals surface area contributed by atoms with Crippen molar-refractivity contribution in [2.45, 2.75) is 59.4 Å². The summed E-state index contributed by atoms with van der Waals surface area (Å²) in [6, 6.07) is 0. The van der Waals surface area contributed by atoms with Crippen LogP contribution in [0.5, 0.6) is 0 Å². The van der Waals surface area contributed by atoms with Crippen molar-refractivity contribution in [1.29, 1.82) is 0 Å². The predicted octanol–water partition coefficient (Wildman–Crippen LogP) is 3.88. The van der Waals surface area contributed by atoms with E-state index in [0.717, 1.165) is 43.3 Å². The van der Waals surface area contributed by atoms with Crippen molar-refractivity contribution in [2.75, 3.05) is 20.1 Å². The summed E-state index contributed by atoms with van der Waals surface area (Å²) in [4.78, 5) is 13.3. The molecule has 0 radical (unpaired) electrons. The molecule has 0 aliphatic heterocycles. The van der Waals surface area contributed by atoms with E-state index in [-0.39, 0.29) is 24.0 Å². The molecule has 0 spiro atoms. The fraction of sp³-hybridized carbons (Fsp3) is 0.632. The Bertz CT molecular complexity index is 727. The number of thiazole rings is 1. The molecule has 0 saturated carbocycles. The lowest BCUT2D eigenvalue weighted by atomic mass is 10.0. The lowest BCUT2D eigenvalue weighted by Gasteiger charge is -2.21. The predicted molar refractivity (Wildman–Crippen MR) is 121 cm³/mol. The molecule has 0 amide bonds. The summed E-state index contributed by atoms with van der Waals surface area (Å²) in [6.07, 6.45) is 5.76. The van der Waals surface area contributed by atoms with Crippen molar-refractivity contribution in [2.24, 2.45) is 4.99 Å². The number of aryl methyl sites for hydroxylation is 4. The maximum Gasteiger partial charge on any atom is 0.194 e. The normalized spacial score (nSPS) is 13.9. The number of nitrogens with zero attached hydrogens (tertiary/aromatic N) is 4. The molecule has 0 aromatic carbocycles. The number of fused-ring (bicyclic) bond motifs is 1. The van der Waals surface area contributed by atoms with Crippen LogP contribution in [0.4, 0.5) is 0 Å². The van der Waals surface area contributed by atoms with Gasteiger partial charge >= 0.3 is 0 Å². The van der Waals surface area contributed by atoms with Crippen molar-refractivity contribution >= 4 is 41.3 Å². The van der Waals surface area contributed by atoms with E-state index in [4.69, 9.17) is 14.5 Å². The van der Waals surface area contributed by atoms with Crippen LogP contribution in [0.3, 0.4) is 0 Å². The van der Waals surface area contributed by atoms with Gasteiger partial charge in [0.25, 0.3) is 0 Å². The molecular formula is C19H30IN5OS. The Labute approximate surface area is 182 Å². The van der Waals surface area contributed by atoms with Gasteiger partial charge in [0.15, 0.2) is 5.96 Å². The highest BCUT2D eigenvalue weighted by atomic mass is 127. The van der Waals surface area contributed by atoms with Crippen LogP contribution in [0.15, 0.2) is 9.52 Å². The number of guanidine groups is 1. The molecule has 2 aromatic rings. The van der Waals surface area contributed by atoms with Crippen LogP contribution in [0, 0.1) is 13.8 Å². The van der Waals surface area contributed by atoms with Crippen molar-refractivity contribution in [3.63, 3.8) is 0 Å². The molecule has 0 fully saturated rings. The summed E-state index contributed by atoms with van der Waals surface area (Å²) in [5.41, 5.74) is 3.45. The van der Waals surface area contributed by atoms with Crippen LogP contribution >= 0.6 is 35.3 Å². The SMILES string of the molecule is CCNC(=NCCc1c(C)noc1C)N(C)Cc1nc2c(s1)CCCC2.I. The van der Waals surface area contributed by atoms with Gasteiger partial charge in [-0.2, -0.15) is 0 Å². The van der Waals surface area contributed by atoms with E-state index < -0.39 is 0 Å². The first-order valence-corrected chi connectivity index (χ1v) is 10.3. The van der Waals surface area contributed by atoms with E-state index in [1.54, 1.807) is 0 Å². The summed E-state index contributed by atoms with van der Waals surface area (Å²) in [7, 11) is 2.08. The molecule has 0 atom stereocenters. The Morgan fingerprint density at radius 2 is 2.07 bits per heavy atom. The first-order chi connectivity index (χ1) is 12.6. The average Bonchev–Trinajstić information content (AvgIpc) is 3.17. The van der Waals surface area contributed by atoms with Crippen LogP contribution in [0.1, 0.15) is 52.4 Å². The first-order valence-electron chi connectivity index (χ1n) is 9.47. The molecule has 2 aromatic heterocycles. The largest absolute Gasteiger partial charge is 0.361 e. The monoisotopic (exact) mass is 503 g/mol. The van der Waals surface area contributed by atoms with E-state index in [0.29, 0.717) is 6.54 Å². The van der Waals surface area contributed by atoms with Crippen molar-refractivity contribution < 1.29 is 4.52 Å². The van der Waals surface area contributed by atoms with Crippen LogP contribution in [0.25, 0.3) is 0 Å². The summed E-state index contributed by atoms with van der Waals surface area (Å²) in [5, 5.41) is 8.59. The maximum atomic E-state index is 5.24. The lowest BCUT2D eigenvalue weighted by Crippen LogP contribution is -2.38. The van der Waals surface area contributed by atoms with Gasteiger partial charge in [-0.05, 0) is 52.9 Å². The second-order valence-corrected chi connectivity index (χ2v) is 8.00. The molecule has 1 aliphatic carbocycles. The highest BCUT2D eigenvalue weighted by Gasteiger charge is 2.17. The number of nitrogens with one attached hydrogen (secondary N) is 1. The number of aliphatic imine (C=N–C) groups is 1. The van der Waals surface area contributed by atoms with Crippen molar-refractivity contribution in [3.8, 4) is 0 Å². The Morgan fingerprint density at radius 3 is 2.74 bits per heavy atom. The fourth-order valence-electron chi connectivity index (χ4n) is 3.35. The summed E-state index contributed by atoms with van der Waals surface area (Å²) in [6.45, 7) is 8.40. The van der Waals surface area contributed by atoms with Crippen LogP contribution in [0.2, 0.25) is 0 Å². The average molecular weight is 503 g/mol. The van der Waals surface area contributed by atoms with E-state index in [1.807, 2.05) is 25.2 Å². The van der Waals surface area contributed by atoms with E-state index in [1.165, 1.54) is 40.4 Å². The number of hydrogen-bond donors (Lipinski definition) is 1. The smallest absolute Gasteiger partial charge is 0.194 e. The number of hydrogen-bond acceptors (Lipinski definition) is 5. The standard InChI is InChI=1S/C19H29N5OS.HI/c1-5-20-19(21-11-10-15-13(2)23-25-14(15)3)24(4)12-18-22-16-8-6-7-9-17(16)26-18;/h5-12H2,1-4H3,(H,20,21);1H. The van der Waals surface area contributed by atoms with Gasteiger partial charge in [0, 0.05) is 30.6 Å². The minimum atomic E-state index is 0. The van der Waals surface area contributed by atoms with E-state index in [9.17, 15) is 0 Å². The molecule has 150 valence electrons. The highest BCUT2D eigenvalue weighted by Crippen LogP contribution is 2.27. The molecule has 2 heterocycles. The zero-order valence-electron chi connectivity index (χ0n) is 16.7. The minimum absolute atomic E-state index is 0.